The van der Waals surface area contributed by atoms with Crippen molar-refractivity contribution in [2.75, 3.05) is 32.2 Å². The van der Waals surface area contributed by atoms with Crippen LogP contribution in [0, 0.1) is 0 Å². The second-order valence-electron chi connectivity index (χ2n) is 9.01. The van der Waals surface area contributed by atoms with Gasteiger partial charge in [-0.2, -0.15) is 8.42 Å². The maximum absolute atomic E-state index is 13.3. The third-order valence-electron chi connectivity index (χ3n) is 5.59. The summed E-state index contributed by atoms with van der Waals surface area (Å²) in [6.45, 7) is 1.29. The molecule has 180 valence electrons. The lowest BCUT2D eigenvalue weighted by atomic mass is 9.82. The van der Waals surface area contributed by atoms with Gasteiger partial charge in [0, 0.05) is 24.1 Å². The Kier molecular flexibility index (Phi) is 5.74. The zero-order valence-electron chi connectivity index (χ0n) is 19.6. The number of hydrogen-bond donors (Lipinski definition) is 2. The monoisotopic (exact) mass is 494 g/mol. The smallest absolute Gasteiger partial charge is 0.341 e. The Morgan fingerprint density at radius 3 is 2.20 bits per heavy atom. The molecule has 3 aromatic rings. The predicted octanol–water partition coefficient (Wildman–Crippen LogP) is 2.97. The third-order valence-corrected chi connectivity index (χ3v) is 6.90. The zero-order valence-corrected chi connectivity index (χ0v) is 20.4. The van der Waals surface area contributed by atoms with Crippen molar-refractivity contribution < 1.29 is 27.0 Å². The SMILES string of the molecule is CC(=O)Nc1cccc2c1C(=O)c1ccc(S(=O)(=O)Oc3cccc([N+](C)(C)C)c3)c(N)c1C2=O. The molecule has 0 heterocycles. The van der Waals surface area contributed by atoms with Gasteiger partial charge in [0.25, 0.3) is 0 Å². The van der Waals surface area contributed by atoms with Crippen molar-refractivity contribution in [1.82, 2.24) is 4.48 Å². The summed E-state index contributed by atoms with van der Waals surface area (Å²) in [4.78, 5) is 37.7. The Morgan fingerprint density at radius 2 is 1.54 bits per heavy atom. The molecule has 4 rings (SSSR count). The van der Waals surface area contributed by atoms with E-state index in [9.17, 15) is 22.8 Å². The molecule has 0 radical (unpaired) electrons. The highest BCUT2D eigenvalue weighted by Gasteiger charge is 2.36. The maximum Gasteiger partial charge on any atom is 0.341 e. The van der Waals surface area contributed by atoms with Crippen LogP contribution in [0.5, 0.6) is 5.75 Å². The van der Waals surface area contributed by atoms with Crippen LogP contribution in [-0.4, -0.2) is 47.0 Å². The predicted molar refractivity (Wildman–Crippen MR) is 132 cm³/mol. The number of rotatable bonds is 5. The largest absolute Gasteiger partial charge is 0.397 e. The molecule has 0 unspecified atom stereocenters. The summed E-state index contributed by atoms with van der Waals surface area (Å²) in [5, 5.41) is 2.55. The quantitative estimate of drug-likeness (QED) is 0.248. The number of nitrogens with two attached hydrogens (primary N) is 1. The molecule has 3 N–H and O–H groups in total. The van der Waals surface area contributed by atoms with Gasteiger partial charge in [-0.15, -0.1) is 0 Å². The van der Waals surface area contributed by atoms with E-state index in [-0.39, 0.29) is 39.4 Å². The molecule has 0 aliphatic heterocycles. The Balaban J connectivity index is 1.78. The van der Waals surface area contributed by atoms with Gasteiger partial charge in [-0.3, -0.25) is 18.9 Å². The van der Waals surface area contributed by atoms with Crippen LogP contribution >= 0.6 is 0 Å². The number of nitrogens with one attached hydrogen (secondary N) is 1. The summed E-state index contributed by atoms with van der Waals surface area (Å²) >= 11 is 0. The molecule has 0 atom stereocenters. The third kappa shape index (κ3) is 4.29. The van der Waals surface area contributed by atoms with Gasteiger partial charge >= 0.3 is 10.1 Å². The van der Waals surface area contributed by atoms with Crippen molar-refractivity contribution in [1.29, 1.82) is 0 Å². The van der Waals surface area contributed by atoms with Crippen molar-refractivity contribution in [3.8, 4) is 5.75 Å². The highest BCUT2D eigenvalue weighted by atomic mass is 32.2. The van der Waals surface area contributed by atoms with Crippen LogP contribution in [-0.2, 0) is 14.9 Å². The highest BCUT2D eigenvalue weighted by Crippen LogP contribution is 2.37. The maximum atomic E-state index is 13.3. The molecular weight excluding hydrogens is 470 g/mol. The van der Waals surface area contributed by atoms with E-state index in [1.807, 2.05) is 27.2 Å². The summed E-state index contributed by atoms with van der Waals surface area (Å²) in [6.07, 6.45) is 0. The second kappa shape index (κ2) is 8.33. The normalized spacial score (nSPS) is 13.1. The van der Waals surface area contributed by atoms with E-state index in [2.05, 4.69) is 5.32 Å². The molecule has 3 aromatic carbocycles. The Hall–Kier alpha value is -4.02. The van der Waals surface area contributed by atoms with Crippen molar-refractivity contribution >= 4 is 44.7 Å². The number of nitrogens with zero attached hydrogens (tertiary/aromatic N) is 1. The summed E-state index contributed by atoms with van der Waals surface area (Å²) in [5.41, 5.74) is 6.57. The molecule has 10 heteroatoms. The number of nitrogen functional groups attached to an aromatic ring is 1. The lowest BCUT2D eigenvalue weighted by Gasteiger charge is -2.24. The van der Waals surface area contributed by atoms with E-state index in [1.54, 1.807) is 12.1 Å². The average Bonchev–Trinajstić information content (AvgIpc) is 2.76. The van der Waals surface area contributed by atoms with Crippen molar-refractivity contribution in [3.05, 3.63) is 76.9 Å². The molecule has 0 saturated carbocycles. The van der Waals surface area contributed by atoms with Gasteiger partial charge in [-0.1, -0.05) is 18.2 Å². The Morgan fingerprint density at radius 1 is 0.914 bits per heavy atom. The van der Waals surface area contributed by atoms with E-state index in [4.69, 9.17) is 9.92 Å². The number of fused-ring (bicyclic) bond motifs is 2. The molecule has 9 nitrogen and oxygen atoms in total. The summed E-state index contributed by atoms with van der Waals surface area (Å²) < 4.78 is 32.0. The molecule has 1 aliphatic carbocycles. The van der Waals surface area contributed by atoms with Crippen LogP contribution in [0.4, 0.5) is 17.1 Å². The first-order chi connectivity index (χ1) is 16.3. The first-order valence-electron chi connectivity index (χ1n) is 10.6. The number of quaternary nitrogens is 1. The number of benzene rings is 3. The first kappa shape index (κ1) is 24.1. The molecule has 0 fully saturated rings. The number of amides is 1. The van der Waals surface area contributed by atoms with Gasteiger partial charge < -0.3 is 15.2 Å². The van der Waals surface area contributed by atoms with Crippen LogP contribution in [0.25, 0.3) is 0 Å². The van der Waals surface area contributed by atoms with Crippen LogP contribution in [0.1, 0.15) is 38.8 Å². The zero-order chi connectivity index (χ0) is 25.7. The number of carbonyl (C=O) groups excluding carboxylic acids is 3. The van der Waals surface area contributed by atoms with Gasteiger partial charge in [0.1, 0.15) is 16.3 Å². The standard InChI is InChI=1S/C25H23N3O6S/c1-14(29)27-19-10-6-9-17-21(19)24(30)18-11-12-20(23(26)22(18)25(17)31)35(32,33)34-16-8-5-7-15(13-16)28(2,3)4/h5-13H,1-4H3,(H2-,26,27,29,30,31)/p+1. The fourth-order valence-corrected chi connectivity index (χ4v) is 4.98. The lowest BCUT2D eigenvalue weighted by Crippen LogP contribution is -2.34. The molecule has 0 spiro atoms. The van der Waals surface area contributed by atoms with Crippen LogP contribution < -0.4 is 19.7 Å². The van der Waals surface area contributed by atoms with Crippen molar-refractivity contribution in [2.45, 2.75) is 11.8 Å². The van der Waals surface area contributed by atoms with Gasteiger partial charge in [-0.25, -0.2) is 0 Å². The summed E-state index contributed by atoms with van der Waals surface area (Å²) in [7, 11) is 1.34. The number of hydrogen-bond acceptors (Lipinski definition) is 7. The fraction of sp³-hybridized carbons (Fsp3) is 0.160. The van der Waals surface area contributed by atoms with Crippen molar-refractivity contribution in [3.63, 3.8) is 0 Å². The lowest BCUT2D eigenvalue weighted by molar-refractivity contribution is -0.114. The first-order valence-corrected chi connectivity index (χ1v) is 12.0. The van der Waals surface area contributed by atoms with E-state index >= 15 is 0 Å². The molecule has 0 saturated heterocycles. The Bertz CT molecular complexity index is 1520. The van der Waals surface area contributed by atoms with E-state index in [0.29, 0.717) is 4.48 Å². The summed E-state index contributed by atoms with van der Waals surface area (Å²) in [6, 6.07) is 13.4. The molecule has 1 amide bonds. The van der Waals surface area contributed by atoms with Gasteiger partial charge in [-0.05, 0) is 30.3 Å². The van der Waals surface area contributed by atoms with E-state index in [1.165, 1.54) is 37.3 Å². The summed E-state index contributed by atoms with van der Waals surface area (Å²) in [5.74, 6) is -1.49. The molecule has 35 heavy (non-hydrogen) atoms. The van der Waals surface area contributed by atoms with Crippen molar-refractivity contribution in [2.24, 2.45) is 0 Å². The highest BCUT2D eigenvalue weighted by molar-refractivity contribution is 7.87. The van der Waals surface area contributed by atoms with Crippen LogP contribution in [0.2, 0.25) is 0 Å². The average molecular weight is 495 g/mol. The number of carbonyl (C=O) groups is 3. The van der Waals surface area contributed by atoms with E-state index < -0.39 is 32.5 Å². The van der Waals surface area contributed by atoms with Gasteiger partial charge in [0.15, 0.2) is 11.6 Å². The molecular formula is C25H24N3O6S+. The second-order valence-corrected chi connectivity index (χ2v) is 10.5. The topological polar surface area (TPSA) is 133 Å². The number of anilines is 2. The number of ketones is 2. The van der Waals surface area contributed by atoms with Gasteiger partial charge in [0.2, 0.25) is 5.91 Å². The van der Waals surface area contributed by atoms with Crippen LogP contribution in [0.3, 0.4) is 0 Å². The minimum Gasteiger partial charge on any atom is -0.397 e. The Labute approximate surface area is 202 Å². The minimum absolute atomic E-state index is 0.0200. The van der Waals surface area contributed by atoms with E-state index in [0.717, 1.165) is 11.8 Å². The minimum atomic E-state index is -4.43. The molecule has 1 aliphatic rings. The fourth-order valence-electron chi connectivity index (χ4n) is 3.93. The molecule has 0 bridgehead atoms. The van der Waals surface area contributed by atoms with Crippen LogP contribution in [0.15, 0.2) is 59.5 Å². The molecule has 0 aromatic heterocycles. The van der Waals surface area contributed by atoms with Gasteiger partial charge in [0.05, 0.1) is 43.6 Å².